The van der Waals surface area contributed by atoms with Gasteiger partial charge in [-0.15, -0.1) is 11.3 Å². The van der Waals surface area contributed by atoms with Gasteiger partial charge in [0.2, 0.25) is 0 Å². The van der Waals surface area contributed by atoms with Crippen LogP contribution in [0.4, 0.5) is 22.9 Å². The summed E-state index contributed by atoms with van der Waals surface area (Å²) in [6, 6.07) is 25.9. The number of furan rings is 1. The van der Waals surface area contributed by atoms with Crippen LogP contribution in [-0.4, -0.2) is 92.4 Å². The molecule has 8 heterocycles. The summed E-state index contributed by atoms with van der Waals surface area (Å²) in [5, 5.41) is 5.12. The molecule has 8 aromatic rings. The van der Waals surface area contributed by atoms with E-state index in [0.29, 0.717) is 24.7 Å². The number of hydrogen-bond acceptors (Lipinski definition) is 14. The topological polar surface area (TPSA) is 90.6 Å². The van der Waals surface area contributed by atoms with E-state index in [9.17, 15) is 0 Å². The van der Waals surface area contributed by atoms with Gasteiger partial charge in [-0.05, 0) is 96.8 Å². The molecule has 500 valence electrons. The number of anilines is 4. The molecule has 4 unspecified atom stereocenters. The summed E-state index contributed by atoms with van der Waals surface area (Å²) < 4.78 is 8.74. The van der Waals surface area contributed by atoms with Gasteiger partial charge in [-0.25, -0.2) is 19.9 Å². The standard InChI is InChI=1S/C18H18N2O.C18H18N2S.2C10H14N4.10C2H6/c2*1-12-10-15-14-6-4-5-7-17(14)21-18(15)11-16(12)20-9-8-19(3)13(20)2;1-8-10(6-11-7-12-8)14-5-4-13(3)9(14)2;1-8-6-11-7-12-10(8)14-5-4-13(3)9(14)2;10*1-2/h2*4-11,13H,1-3H3;2*4-7,9H,1-3H3;10*1-2H3. The second-order valence-electron chi connectivity index (χ2n) is 18.5. The largest absolute Gasteiger partial charge is 0.456 e. The van der Waals surface area contributed by atoms with Crippen molar-refractivity contribution in [2.45, 2.75) is 219 Å². The van der Waals surface area contributed by atoms with Gasteiger partial charge >= 0.3 is 0 Å². The number of aryl methyl sites for hydroxylation is 4. The quantitative estimate of drug-likeness (QED) is 0.168. The van der Waals surface area contributed by atoms with E-state index in [-0.39, 0.29) is 0 Å². The van der Waals surface area contributed by atoms with Gasteiger partial charge in [-0.2, -0.15) is 0 Å². The van der Waals surface area contributed by atoms with Crippen LogP contribution in [0.1, 0.15) is 189 Å². The summed E-state index contributed by atoms with van der Waals surface area (Å²) >= 11 is 1.88. The maximum Gasteiger partial charge on any atom is 0.140 e. The Hall–Kier alpha value is -7.58. The molecule has 0 N–H and O–H groups in total. The van der Waals surface area contributed by atoms with Crippen molar-refractivity contribution in [3.63, 3.8) is 0 Å². The Labute approximate surface area is 553 Å². The Morgan fingerprint density at radius 1 is 0.356 bits per heavy atom. The van der Waals surface area contributed by atoms with Crippen molar-refractivity contribution in [2.24, 2.45) is 0 Å². The maximum atomic E-state index is 6.01. The zero-order chi connectivity index (χ0) is 69.4. The van der Waals surface area contributed by atoms with Crippen molar-refractivity contribution in [1.29, 1.82) is 0 Å². The Bertz CT molecular complexity index is 3070. The highest BCUT2D eigenvalue weighted by Crippen LogP contribution is 2.40. The minimum atomic E-state index is 0.323. The lowest BCUT2D eigenvalue weighted by molar-refractivity contribution is 0.381. The fourth-order valence-electron chi connectivity index (χ4n) is 9.18. The molecule has 4 aromatic heterocycles. The van der Waals surface area contributed by atoms with E-state index >= 15 is 0 Å². The van der Waals surface area contributed by atoms with E-state index in [4.69, 9.17) is 4.42 Å². The second-order valence-corrected chi connectivity index (χ2v) is 19.6. The molecule has 0 aliphatic carbocycles. The van der Waals surface area contributed by atoms with Gasteiger partial charge in [0, 0.05) is 138 Å². The van der Waals surface area contributed by atoms with E-state index in [0.717, 1.165) is 33.9 Å². The van der Waals surface area contributed by atoms with E-state index in [1.54, 1.807) is 12.7 Å². The van der Waals surface area contributed by atoms with Crippen LogP contribution in [0.5, 0.6) is 0 Å². The summed E-state index contributed by atoms with van der Waals surface area (Å²) in [6.45, 7) is 57.1. The maximum absolute atomic E-state index is 6.01. The summed E-state index contributed by atoms with van der Waals surface area (Å²) in [6.07, 6.45) is 24.9. The molecule has 0 radical (unpaired) electrons. The average molecular weight is 1250 g/mol. The van der Waals surface area contributed by atoms with E-state index in [1.807, 2.05) is 201 Å². The van der Waals surface area contributed by atoms with Crippen LogP contribution < -0.4 is 19.6 Å². The lowest BCUT2D eigenvalue weighted by Gasteiger charge is -2.28. The molecule has 4 atom stereocenters. The van der Waals surface area contributed by atoms with Gasteiger partial charge in [0.1, 0.15) is 54.3 Å². The van der Waals surface area contributed by atoms with Gasteiger partial charge in [-0.1, -0.05) is 175 Å². The number of para-hydroxylation sites is 1. The van der Waals surface area contributed by atoms with Crippen molar-refractivity contribution in [3.05, 3.63) is 170 Å². The zero-order valence-corrected chi connectivity index (χ0v) is 63.2. The molecule has 4 aromatic carbocycles. The number of hydrogen-bond donors (Lipinski definition) is 0. The lowest BCUT2D eigenvalue weighted by Crippen LogP contribution is -2.34. The summed E-state index contributed by atoms with van der Waals surface area (Å²) in [7, 11) is 8.32. The molecule has 14 heteroatoms. The van der Waals surface area contributed by atoms with Crippen molar-refractivity contribution in [3.8, 4) is 0 Å². The van der Waals surface area contributed by atoms with Gasteiger partial charge in [0.25, 0.3) is 0 Å². The molecule has 90 heavy (non-hydrogen) atoms. The Morgan fingerprint density at radius 3 is 1.19 bits per heavy atom. The van der Waals surface area contributed by atoms with Crippen LogP contribution in [0.25, 0.3) is 42.1 Å². The zero-order valence-electron chi connectivity index (χ0n) is 62.3. The normalized spacial score (nSPS) is 15.6. The van der Waals surface area contributed by atoms with Gasteiger partial charge in [0.15, 0.2) is 0 Å². The van der Waals surface area contributed by atoms with Gasteiger partial charge in [-0.3, -0.25) is 0 Å². The van der Waals surface area contributed by atoms with Crippen LogP contribution in [0.15, 0.2) is 152 Å². The highest BCUT2D eigenvalue weighted by atomic mass is 32.1. The molecular weight excluding hydrogens is 1130 g/mol. The fraction of sp³-hybridized carbons (Fsp3) is 0.474. The Kier molecular flexibility index (Phi) is 43.6. The first-order valence-electron chi connectivity index (χ1n) is 33.8. The predicted octanol–water partition coefficient (Wildman–Crippen LogP) is 22.4. The highest BCUT2D eigenvalue weighted by Gasteiger charge is 2.26. The van der Waals surface area contributed by atoms with Crippen LogP contribution in [0, 0.1) is 27.7 Å². The first kappa shape index (κ1) is 84.5. The van der Waals surface area contributed by atoms with Gasteiger partial charge < -0.3 is 43.6 Å². The molecule has 4 aliphatic rings. The van der Waals surface area contributed by atoms with Crippen molar-refractivity contribution in [2.75, 3.05) is 47.8 Å². The average Bonchev–Trinajstić information content (AvgIpc) is 1.70. The Morgan fingerprint density at radius 2 is 0.744 bits per heavy atom. The highest BCUT2D eigenvalue weighted by molar-refractivity contribution is 7.25. The molecular formula is C76H124N12OS. The molecule has 0 saturated heterocycles. The summed E-state index contributed by atoms with van der Waals surface area (Å²) in [5.41, 5.74) is 10.2. The third-order valence-electron chi connectivity index (χ3n) is 14.0. The second kappa shape index (κ2) is 46.5. The number of thiophene rings is 1. The summed E-state index contributed by atoms with van der Waals surface area (Å²) in [5.74, 6) is 0.980. The smallest absolute Gasteiger partial charge is 0.140 e. The first-order chi connectivity index (χ1) is 43.7. The van der Waals surface area contributed by atoms with Crippen LogP contribution in [-0.2, 0) is 0 Å². The van der Waals surface area contributed by atoms with Crippen LogP contribution >= 0.6 is 11.3 Å². The predicted molar refractivity (Wildman–Crippen MR) is 405 cm³/mol. The molecule has 0 bridgehead atoms. The minimum Gasteiger partial charge on any atom is -0.456 e. The van der Waals surface area contributed by atoms with Crippen molar-refractivity contribution < 1.29 is 4.42 Å². The number of aromatic nitrogens is 4. The summed E-state index contributed by atoms with van der Waals surface area (Å²) in [4.78, 5) is 34.1. The van der Waals surface area contributed by atoms with Crippen molar-refractivity contribution in [1.82, 2.24) is 39.5 Å². The molecule has 4 aliphatic heterocycles. The molecule has 0 spiro atoms. The number of rotatable bonds is 4. The lowest BCUT2D eigenvalue weighted by atomic mass is 10.1. The minimum absolute atomic E-state index is 0.323. The van der Waals surface area contributed by atoms with E-state index in [2.05, 4.69) is 227 Å². The third kappa shape index (κ3) is 21.8. The first-order valence-corrected chi connectivity index (χ1v) is 34.6. The number of fused-ring (bicyclic) bond motifs is 6. The Balaban J connectivity index is 0. The van der Waals surface area contributed by atoms with E-state index < -0.39 is 0 Å². The van der Waals surface area contributed by atoms with Gasteiger partial charge in [0.05, 0.1) is 17.6 Å². The van der Waals surface area contributed by atoms with E-state index in [1.165, 1.54) is 53.4 Å². The molecule has 0 fully saturated rings. The third-order valence-corrected chi connectivity index (χ3v) is 15.2. The molecule has 12 rings (SSSR count). The SMILES string of the molecule is CC.CC.CC.CC.CC.CC.CC.CC.CC.CC.Cc1cc2c(cc1N1C=CN(C)C1C)oc1ccccc12.Cc1cc2c(cc1N1C=CN(C)C1C)sc1ccccc12.Cc1cncnc1N1C=CN(C)C1C.Cc1ncncc1N1C=CN(C)C1C. The van der Waals surface area contributed by atoms with Crippen LogP contribution in [0.3, 0.4) is 0 Å². The number of nitrogens with zero attached hydrogens (tertiary/aromatic N) is 12. The van der Waals surface area contributed by atoms with Crippen LogP contribution in [0.2, 0.25) is 0 Å². The monoisotopic (exact) mass is 1250 g/mol. The number of benzene rings is 4. The van der Waals surface area contributed by atoms with Crippen molar-refractivity contribution >= 4 is 76.3 Å². The molecule has 0 saturated carbocycles. The molecule has 0 amide bonds. The fourth-order valence-corrected chi connectivity index (χ4v) is 10.3. The molecule has 13 nitrogen and oxygen atoms in total.